The first-order valence-corrected chi connectivity index (χ1v) is 14.6. The molecule has 1 aromatic heterocycles. The number of amides is 1. The largest absolute Gasteiger partial charge is 0.384 e. The number of anilines is 2. The van der Waals surface area contributed by atoms with E-state index in [9.17, 15) is 23.6 Å². The second-order valence-electron chi connectivity index (χ2n) is 10.3. The number of halogens is 3. The van der Waals surface area contributed by atoms with Crippen molar-refractivity contribution in [2.45, 2.75) is 36.9 Å². The van der Waals surface area contributed by atoms with Crippen LogP contribution in [0.15, 0.2) is 69.5 Å². The Morgan fingerprint density at radius 1 is 1.27 bits per heavy atom. The van der Waals surface area contributed by atoms with Gasteiger partial charge in [0.1, 0.15) is 17.5 Å². The lowest BCUT2D eigenvalue weighted by Crippen LogP contribution is -2.42. The van der Waals surface area contributed by atoms with Gasteiger partial charge in [-0.05, 0) is 35.6 Å². The normalized spacial score (nSPS) is 18.3. The number of hydrogen-bond acceptors (Lipinski definition) is 9. The number of hydrogen-bond donors (Lipinski definition) is 2. The lowest BCUT2D eigenvalue weighted by molar-refractivity contribution is -0.118. The number of thioether (sulfide) groups is 1. The molecule has 3 aromatic rings. The van der Waals surface area contributed by atoms with Crippen molar-refractivity contribution < 1.29 is 18.4 Å². The summed E-state index contributed by atoms with van der Waals surface area (Å²) in [6.45, 7) is 3.97. The average molecular weight is 613 g/mol. The van der Waals surface area contributed by atoms with E-state index in [0.29, 0.717) is 50.2 Å². The highest BCUT2D eigenvalue weighted by atomic mass is 35.5. The summed E-state index contributed by atoms with van der Waals surface area (Å²) in [6.07, 6.45) is 0.780. The molecule has 210 valence electrons. The van der Waals surface area contributed by atoms with Crippen LogP contribution >= 0.6 is 34.7 Å². The van der Waals surface area contributed by atoms with Gasteiger partial charge in [-0.25, -0.2) is 8.78 Å². The molecule has 2 aromatic carbocycles. The lowest BCUT2D eigenvalue weighted by atomic mass is 9.68. The molecule has 1 aliphatic carbocycles. The number of carbonyl (C=O) groups excluding carboxylic acids is 2. The number of allylic oxidation sites excluding steroid dienone is 3. The molecular formula is C28H23ClF2N6O2S2. The van der Waals surface area contributed by atoms with E-state index in [-0.39, 0.29) is 34.0 Å². The lowest BCUT2D eigenvalue weighted by Gasteiger charge is -2.42. The molecule has 1 amide bonds. The molecule has 1 atom stereocenters. The number of rotatable bonds is 6. The molecule has 0 spiro atoms. The van der Waals surface area contributed by atoms with Crippen molar-refractivity contribution in [3.05, 3.63) is 87.3 Å². The molecule has 5 rings (SSSR count). The minimum Gasteiger partial charge on any atom is -0.384 e. The molecule has 1 aliphatic heterocycles. The summed E-state index contributed by atoms with van der Waals surface area (Å²) in [6, 6.07) is 12.1. The van der Waals surface area contributed by atoms with E-state index in [1.54, 1.807) is 29.2 Å². The topological polar surface area (TPSA) is 125 Å². The van der Waals surface area contributed by atoms with Gasteiger partial charge in [-0.15, -0.1) is 10.2 Å². The molecule has 0 radical (unpaired) electrons. The molecule has 41 heavy (non-hydrogen) atoms. The first-order valence-electron chi connectivity index (χ1n) is 12.4. The Hall–Kier alpha value is -3.79. The number of benzene rings is 2. The second kappa shape index (κ2) is 11.2. The maximum absolute atomic E-state index is 13.9. The number of carbonyl (C=O) groups is 2. The van der Waals surface area contributed by atoms with Crippen molar-refractivity contribution in [1.29, 1.82) is 5.26 Å². The van der Waals surface area contributed by atoms with Crippen LogP contribution < -0.4 is 16.0 Å². The summed E-state index contributed by atoms with van der Waals surface area (Å²) < 4.78 is 27.5. The summed E-state index contributed by atoms with van der Waals surface area (Å²) in [4.78, 5) is 27.6. The minimum absolute atomic E-state index is 0.102. The fourth-order valence-corrected chi connectivity index (χ4v) is 6.93. The molecule has 2 aliphatic rings. The van der Waals surface area contributed by atoms with Crippen LogP contribution in [-0.2, 0) is 9.59 Å². The van der Waals surface area contributed by atoms with E-state index < -0.39 is 23.5 Å². The maximum atomic E-state index is 13.9. The molecule has 2 heterocycles. The Kier molecular flexibility index (Phi) is 7.87. The third kappa shape index (κ3) is 5.70. The summed E-state index contributed by atoms with van der Waals surface area (Å²) in [5, 5.41) is 21.8. The molecule has 3 N–H and O–H groups in total. The summed E-state index contributed by atoms with van der Waals surface area (Å²) in [5.41, 5.74) is 7.99. The zero-order valence-electron chi connectivity index (χ0n) is 21.9. The van der Waals surface area contributed by atoms with Crippen LogP contribution in [0.3, 0.4) is 0 Å². The predicted molar refractivity (Wildman–Crippen MR) is 154 cm³/mol. The SMILES string of the molecule is CC1(C)CC(=O)C2=C(C1)N(c1nnc(SCC(=O)Nc3ccc(F)cc3F)s1)C(N)=C(C#N)C2c1ccccc1Cl. The van der Waals surface area contributed by atoms with Crippen LogP contribution in [0, 0.1) is 28.4 Å². The molecule has 8 nitrogen and oxygen atoms in total. The monoisotopic (exact) mass is 612 g/mol. The number of nitrogens with zero attached hydrogens (tertiary/aromatic N) is 4. The molecule has 1 unspecified atom stereocenters. The van der Waals surface area contributed by atoms with E-state index in [1.165, 1.54) is 0 Å². The quantitative estimate of drug-likeness (QED) is 0.318. The minimum atomic E-state index is -0.883. The highest BCUT2D eigenvalue weighted by molar-refractivity contribution is 8.01. The van der Waals surface area contributed by atoms with Crippen LogP contribution in [0.5, 0.6) is 0 Å². The smallest absolute Gasteiger partial charge is 0.234 e. The van der Waals surface area contributed by atoms with Gasteiger partial charge in [0.05, 0.1) is 29.0 Å². The Morgan fingerprint density at radius 2 is 2.02 bits per heavy atom. The van der Waals surface area contributed by atoms with E-state index >= 15 is 0 Å². The van der Waals surface area contributed by atoms with Crippen molar-refractivity contribution in [3.63, 3.8) is 0 Å². The van der Waals surface area contributed by atoms with E-state index in [0.717, 1.165) is 35.2 Å². The first kappa shape index (κ1) is 28.7. The van der Waals surface area contributed by atoms with E-state index in [2.05, 4.69) is 21.6 Å². The van der Waals surface area contributed by atoms with E-state index in [4.69, 9.17) is 17.3 Å². The second-order valence-corrected chi connectivity index (χ2v) is 12.9. The zero-order chi connectivity index (χ0) is 29.5. The van der Waals surface area contributed by atoms with Gasteiger partial charge in [0.25, 0.3) is 0 Å². The van der Waals surface area contributed by atoms with Gasteiger partial charge in [0.15, 0.2) is 10.1 Å². The maximum Gasteiger partial charge on any atom is 0.234 e. The van der Waals surface area contributed by atoms with Crippen LogP contribution in [0.4, 0.5) is 19.6 Å². The van der Waals surface area contributed by atoms with Gasteiger partial charge in [0.2, 0.25) is 11.0 Å². The third-order valence-electron chi connectivity index (χ3n) is 6.72. The fraction of sp³-hybridized carbons (Fsp3) is 0.250. The number of aromatic nitrogens is 2. The molecule has 0 saturated carbocycles. The Bertz CT molecular complexity index is 1680. The van der Waals surface area contributed by atoms with Gasteiger partial charge < -0.3 is 11.1 Å². The van der Waals surface area contributed by atoms with Crippen molar-refractivity contribution >= 4 is 57.2 Å². The zero-order valence-corrected chi connectivity index (χ0v) is 24.3. The van der Waals surface area contributed by atoms with Gasteiger partial charge in [-0.2, -0.15) is 5.26 Å². The Balaban J connectivity index is 1.46. The van der Waals surface area contributed by atoms with Crippen LogP contribution in [0.2, 0.25) is 5.02 Å². The van der Waals surface area contributed by atoms with Crippen molar-refractivity contribution in [2.75, 3.05) is 16.0 Å². The van der Waals surface area contributed by atoms with E-state index in [1.807, 2.05) is 13.8 Å². The number of nitrogens with two attached hydrogens (primary N) is 1. The molecule has 0 fully saturated rings. The summed E-state index contributed by atoms with van der Waals surface area (Å²) in [5.74, 6) is -2.97. The summed E-state index contributed by atoms with van der Waals surface area (Å²) in [7, 11) is 0. The highest BCUT2D eigenvalue weighted by Gasteiger charge is 2.45. The van der Waals surface area contributed by atoms with Crippen molar-refractivity contribution in [1.82, 2.24) is 10.2 Å². The van der Waals surface area contributed by atoms with Crippen LogP contribution in [0.1, 0.15) is 38.2 Å². The van der Waals surface area contributed by atoms with Crippen LogP contribution in [-0.4, -0.2) is 27.6 Å². The molecule has 0 bridgehead atoms. The average Bonchev–Trinajstić information content (AvgIpc) is 3.36. The fourth-order valence-electron chi connectivity index (χ4n) is 5.00. The van der Waals surface area contributed by atoms with Crippen LogP contribution in [0.25, 0.3) is 0 Å². The third-order valence-corrected chi connectivity index (χ3v) is 9.10. The Morgan fingerprint density at radius 3 is 2.73 bits per heavy atom. The predicted octanol–water partition coefficient (Wildman–Crippen LogP) is 6.14. The van der Waals surface area contributed by atoms with Crippen molar-refractivity contribution in [2.24, 2.45) is 11.1 Å². The number of ketones is 1. The highest BCUT2D eigenvalue weighted by Crippen LogP contribution is 2.51. The molecular weight excluding hydrogens is 590 g/mol. The van der Waals surface area contributed by atoms with Gasteiger partial charge in [0, 0.05) is 28.8 Å². The number of nitriles is 1. The summed E-state index contributed by atoms with van der Waals surface area (Å²) >= 11 is 8.73. The molecule has 13 heteroatoms. The standard InChI is InChI=1S/C28H23ClF2N6O2S2/c1-28(2)10-20-24(21(38)11-28)23(15-5-3-4-6-17(15)29)16(12-32)25(33)37(20)26-35-36-27(41-26)40-13-22(39)34-19-8-7-14(30)9-18(19)31/h3-9,23H,10-11,13,33H2,1-2H3,(H,34,39). The van der Waals surface area contributed by atoms with Gasteiger partial charge in [-0.3, -0.25) is 14.5 Å². The Labute approximate surface area is 247 Å². The first-order chi connectivity index (χ1) is 19.5. The van der Waals surface area contributed by atoms with Gasteiger partial charge in [-0.1, -0.05) is 66.7 Å². The molecule has 0 saturated heterocycles. The van der Waals surface area contributed by atoms with Crippen molar-refractivity contribution in [3.8, 4) is 6.07 Å². The van der Waals surface area contributed by atoms with Gasteiger partial charge >= 0.3 is 0 Å². The number of Topliss-reactive ketones (excluding diaryl/α,β-unsaturated/α-hetero) is 1. The number of nitrogens with one attached hydrogen (secondary N) is 1.